The number of hydrogen-bond donors (Lipinski definition) is 2. The molecule has 1 fully saturated rings. The summed E-state index contributed by atoms with van der Waals surface area (Å²) in [5.74, 6) is -2.28. The van der Waals surface area contributed by atoms with Gasteiger partial charge in [0.2, 0.25) is 0 Å². The molecular formula is C29H28FN3O7. The van der Waals surface area contributed by atoms with Crippen molar-refractivity contribution < 1.29 is 33.4 Å². The number of carbonyl (C=O) groups excluding carboxylic acids is 3. The Morgan fingerprint density at radius 2 is 2.02 bits per heavy atom. The first kappa shape index (κ1) is 26.1. The normalized spacial score (nSPS) is 19.9. The number of benzene rings is 1. The van der Waals surface area contributed by atoms with Crippen molar-refractivity contribution in [1.82, 2.24) is 14.9 Å². The zero-order valence-electron chi connectivity index (χ0n) is 22.3. The zero-order chi connectivity index (χ0) is 28.5. The van der Waals surface area contributed by atoms with Crippen molar-refractivity contribution >= 4 is 28.7 Å². The minimum Gasteiger partial charge on any atom is -0.458 e. The van der Waals surface area contributed by atoms with Crippen LogP contribution in [0, 0.1) is 18.7 Å². The number of rotatable bonds is 6. The molecule has 0 spiro atoms. The van der Waals surface area contributed by atoms with Gasteiger partial charge in [-0.1, -0.05) is 6.92 Å². The minimum absolute atomic E-state index is 0.00595. The molecule has 1 amide bonds. The number of fused-ring (bicyclic) bond motifs is 5. The fraction of sp³-hybridized carbons (Fsp3) is 0.414. The number of halogens is 1. The quantitative estimate of drug-likeness (QED) is 0.350. The lowest BCUT2D eigenvalue weighted by molar-refractivity contribution is -0.172. The van der Waals surface area contributed by atoms with Gasteiger partial charge in [0.1, 0.15) is 12.4 Å². The second-order valence-electron chi connectivity index (χ2n) is 10.7. The van der Waals surface area contributed by atoms with Crippen molar-refractivity contribution in [2.24, 2.45) is 5.92 Å². The van der Waals surface area contributed by atoms with E-state index in [0.29, 0.717) is 39.0 Å². The van der Waals surface area contributed by atoms with Crippen LogP contribution in [0.2, 0.25) is 0 Å². The molecule has 0 saturated heterocycles. The van der Waals surface area contributed by atoms with Crippen molar-refractivity contribution in [3.05, 3.63) is 62.2 Å². The summed E-state index contributed by atoms with van der Waals surface area (Å²) < 4.78 is 26.6. The van der Waals surface area contributed by atoms with E-state index in [1.54, 1.807) is 26.0 Å². The van der Waals surface area contributed by atoms with Gasteiger partial charge < -0.3 is 24.5 Å². The third-order valence-electron chi connectivity index (χ3n) is 8.13. The standard InChI is InChI=1S/C29H28FN3O7/c1-4-29(38)20-8-23-24-18(11-33(23)27(36)19(20)12-39-28(29)37)17(16-7-13(2)21(30)9-22(16)32-24)10-31-26(35)25(15-5-6-15)40-14(3)34/h7-9,15,25,38H,4-6,10-12H2,1-3H3,(H,31,35)/t25-,29+/m1/s1. The Morgan fingerprint density at radius 1 is 1.27 bits per heavy atom. The van der Waals surface area contributed by atoms with Crippen LogP contribution in [-0.4, -0.2) is 38.6 Å². The van der Waals surface area contributed by atoms with E-state index >= 15 is 0 Å². The van der Waals surface area contributed by atoms with Gasteiger partial charge >= 0.3 is 11.9 Å². The lowest BCUT2D eigenvalue weighted by Gasteiger charge is -2.31. The lowest BCUT2D eigenvalue weighted by Crippen LogP contribution is -2.44. The summed E-state index contributed by atoms with van der Waals surface area (Å²) in [5.41, 5.74) is 0.770. The smallest absolute Gasteiger partial charge is 0.343 e. The average Bonchev–Trinajstić information content (AvgIpc) is 3.69. The lowest BCUT2D eigenvalue weighted by atomic mass is 9.86. The minimum atomic E-state index is -1.98. The number of aromatic nitrogens is 2. The largest absolute Gasteiger partial charge is 0.458 e. The Hall–Kier alpha value is -4.12. The molecule has 2 atom stereocenters. The first-order valence-corrected chi connectivity index (χ1v) is 13.3. The number of amides is 1. The number of esters is 2. The van der Waals surface area contributed by atoms with E-state index in [0.717, 1.165) is 12.8 Å². The predicted molar refractivity (Wildman–Crippen MR) is 139 cm³/mol. The zero-order valence-corrected chi connectivity index (χ0v) is 22.3. The summed E-state index contributed by atoms with van der Waals surface area (Å²) in [6.07, 6.45) is 0.688. The molecular weight excluding hydrogens is 521 g/mol. The summed E-state index contributed by atoms with van der Waals surface area (Å²) >= 11 is 0. The van der Waals surface area contributed by atoms with Crippen LogP contribution in [0.4, 0.5) is 4.39 Å². The molecule has 1 aromatic carbocycles. The van der Waals surface area contributed by atoms with Crippen LogP contribution in [0.5, 0.6) is 0 Å². The van der Waals surface area contributed by atoms with Gasteiger partial charge in [-0.3, -0.25) is 14.4 Å². The first-order valence-electron chi connectivity index (χ1n) is 13.3. The van der Waals surface area contributed by atoms with Gasteiger partial charge in [-0.05, 0) is 49.4 Å². The van der Waals surface area contributed by atoms with E-state index in [4.69, 9.17) is 14.5 Å². The van der Waals surface area contributed by atoms with Gasteiger partial charge in [0.05, 0.1) is 29.0 Å². The fourth-order valence-electron chi connectivity index (χ4n) is 5.71. The van der Waals surface area contributed by atoms with Crippen LogP contribution in [0.25, 0.3) is 22.3 Å². The third kappa shape index (κ3) is 3.98. The topological polar surface area (TPSA) is 137 Å². The average molecular weight is 550 g/mol. The second kappa shape index (κ2) is 9.22. The highest BCUT2D eigenvalue weighted by molar-refractivity contribution is 5.90. The molecule has 1 saturated carbocycles. The Balaban J connectivity index is 1.48. The summed E-state index contributed by atoms with van der Waals surface area (Å²) in [5, 5.41) is 14.6. The summed E-state index contributed by atoms with van der Waals surface area (Å²) in [7, 11) is 0. The molecule has 3 aliphatic rings. The Kier molecular flexibility index (Phi) is 6.02. The van der Waals surface area contributed by atoms with Gasteiger partial charge in [0, 0.05) is 42.0 Å². The Labute approximate surface area is 228 Å². The highest BCUT2D eigenvalue weighted by Crippen LogP contribution is 2.41. The van der Waals surface area contributed by atoms with E-state index in [1.807, 2.05) is 0 Å². The summed E-state index contributed by atoms with van der Waals surface area (Å²) in [6.45, 7) is 4.40. The molecule has 2 aliphatic heterocycles. The molecule has 1 aliphatic carbocycles. The van der Waals surface area contributed by atoms with Crippen LogP contribution < -0.4 is 10.9 Å². The second-order valence-corrected chi connectivity index (χ2v) is 10.7. The van der Waals surface area contributed by atoms with Crippen LogP contribution in [0.3, 0.4) is 0 Å². The molecule has 11 heteroatoms. The highest BCUT2D eigenvalue weighted by atomic mass is 19.1. The van der Waals surface area contributed by atoms with Crippen molar-refractivity contribution in [2.45, 2.75) is 71.4 Å². The molecule has 40 heavy (non-hydrogen) atoms. The number of aliphatic hydroxyl groups is 1. The SMILES string of the molecule is CC[C@@]1(O)C(=O)OCc2c1cc1n(c2=O)Cc2c-1nc1cc(F)c(C)cc1c2CNC(=O)[C@H](OC(C)=O)C1CC1. The number of nitrogens with zero attached hydrogens (tertiary/aromatic N) is 2. The number of hydrogen-bond acceptors (Lipinski definition) is 8. The van der Waals surface area contributed by atoms with Gasteiger partial charge in [-0.2, -0.15) is 0 Å². The Morgan fingerprint density at radius 3 is 2.70 bits per heavy atom. The summed E-state index contributed by atoms with van der Waals surface area (Å²) in [6, 6.07) is 4.55. The maximum absolute atomic E-state index is 14.6. The number of ether oxygens (including phenoxy) is 2. The van der Waals surface area contributed by atoms with Gasteiger partial charge in [-0.15, -0.1) is 0 Å². The number of cyclic esters (lactones) is 1. The maximum Gasteiger partial charge on any atom is 0.343 e. The predicted octanol–water partition coefficient (Wildman–Crippen LogP) is 2.49. The van der Waals surface area contributed by atoms with E-state index in [1.165, 1.54) is 17.6 Å². The van der Waals surface area contributed by atoms with Gasteiger partial charge in [0.25, 0.3) is 11.5 Å². The number of pyridine rings is 2. The molecule has 10 nitrogen and oxygen atoms in total. The van der Waals surface area contributed by atoms with E-state index < -0.39 is 40.9 Å². The Bertz CT molecular complexity index is 1690. The molecule has 3 aromatic rings. The van der Waals surface area contributed by atoms with Crippen molar-refractivity contribution in [3.63, 3.8) is 0 Å². The van der Waals surface area contributed by atoms with Crippen LogP contribution in [0.1, 0.15) is 60.9 Å². The molecule has 208 valence electrons. The fourth-order valence-corrected chi connectivity index (χ4v) is 5.71. The molecule has 6 rings (SSSR count). The van der Waals surface area contributed by atoms with Gasteiger partial charge in [0.15, 0.2) is 11.7 Å². The van der Waals surface area contributed by atoms with E-state index in [-0.39, 0.29) is 43.2 Å². The third-order valence-corrected chi connectivity index (χ3v) is 8.13. The monoisotopic (exact) mass is 549 g/mol. The maximum atomic E-state index is 14.6. The molecule has 0 unspecified atom stereocenters. The molecule has 2 N–H and O–H groups in total. The van der Waals surface area contributed by atoms with Crippen LogP contribution >= 0.6 is 0 Å². The van der Waals surface area contributed by atoms with E-state index in [9.17, 15) is 28.7 Å². The summed E-state index contributed by atoms with van der Waals surface area (Å²) in [4.78, 5) is 55.4. The van der Waals surface area contributed by atoms with Crippen LogP contribution in [-0.2, 0) is 49.2 Å². The molecule has 2 aromatic heterocycles. The van der Waals surface area contributed by atoms with Crippen molar-refractivity contribution in [2.75, 3.05) is 0 Å². The molecule has 4 heterocycles. The highest BCUT2D eigenvalue weighted by Gasteiger charge is 2.45. The number of aryl methyl sites for hydroxylation is 1. The van der Waals surface area contributed by atoms with Crippen LogP contribution in [0.15, 0.2) is 23.0 Å². The number of carbonyl (C=O) groups is 3. The van der Waals surface area contributed by atoms with Crippen molar-refractivity contribution in [3.8, 4) is 11.4 Å². The molecule has 0 bridgehead atoms. The molecule has 0 radical (unpaired) electrons. The number of nitrogens with one attached hydrogen (secondary N) is 1. The van der Waals surface area contributed by atoms with E-state index in [2.05, 4.69) is 5.32 Å². The first-order chi connectivity index (χ1) is 19.0. The van der Waals surface area contributed by atoms with Crippen molar-refractivity contribution in [1.29, 1.82) is 0 Å². The van der Waals surface area contributed by atoms with Gasteiger partial charge in [-0.25, -0.2) is 14.2 Å².